The SMILES string of the molecule is CC(=O)Nc1cc(Cl)ccc1NC(=O)[C@H]1CNC[C@@H]1c1cnn(C)c1. The first-order chi connectivity index (χ1) is 11.9. The Morgan fingerprint density at radius 1 is 1.28 bits per heavy atom. The number of amides is 2. The van der Waals surface area contributed by atoms with Crippen LogP contribution in [0, 0.1) is 5.92 Å². The predicted octanol–water partition coefficient (Wildman–Crippen LogP) is 1.97. The molecule has 25 heavy (non-hydrogen) atoms. The molecule has 0 spiro atoms. The van der Waals surface area contributed by atoms with Gasteiger partial charge in [0.05, 0.1) is 23.5 Å². The number of rotatable bonds is 4. The molecule has 2 atom stereocenters. The molecule has 2 aromatic rings. The van der Waals surface area contributed by atoms with E-state index in [9.17, 15) is 9.59 Å². The average Bonchev–Trinajstić information content (AvgIpc) is 3.17. The summed E-state index contributed by atoms with van der Waals surface area (Å²) in [7, 11) is 1.86. The molecule has 1 saturated heterocycles. The van der Waals surface area contributed by atoms with Crippen molar-refractivity contribution in [3.63, 3.8) is 0 Å². The molecular weight excluding hydrogens is 342 g/mol. The summed E-state index contributed by atoms with van der Waals surface area (Å²) < 4.78 is 1.73. The first-order valence-electron chi connectivity index (χ1n) is 8.01. The number of nitrogens with zero attached hydrogens (tertiary/aromatic N) is 2. The number of hydrogen-bond donors (Lipinski definition) is 3. The number of hydrogen-bond acceptors (Lipinski definition) is 4. The zero-order valence-corrected chi connectivity index (χ0v) is 14.8. The molecule has 1 aliphatic rings. The van der Waals surface area contributed by atoms with E-state index < -0.39 is 0 Å². The fourth-order valence-electron chi connectivity index (χ4n) is 3.08. The van der Waals surface area contributed by atoms with Gasteiger partial charge in [0.15, 0.2) is 0 Å². The fraction of sp³-hybridized carbons (Fsp3) is 0.353. The quantitative estimate of drug-likeness (QED) is 0.777. The van der Waals surface area contributed by atoms with Crippen LogP contribution in [-0.4, -0.2) is 34.7 Å². The number of benzene rings is 1. The maximum atomic E-state index is 12.8. The van der Waals surface area contributed by atoms with Gasteiger partial charge in [0.1, 0.15) is 0 Å². The fourth-order valence-corrected chi connectivity index (χ4v) is 3.25. The minimum Gasteiger partial charge on any atom is -0.324 e. The van der Waals surface area contributed by atoms with E-state index in [0.717, 1.165) is 12.1 Å². The van der Waals surface area contributed by atoms with Gasteiger partial charge in [-0.05, 0) is 23.8 Å². The first kappa shape index (κ1) is 17.4. The Kier molecular flexibility index (Phi) is 5.06. The van der Waals surface area contributed by atoms with Gasteiger partial charge in [-0.15, -0.1) is 0 Å². The van der Waals surface area contributed by atoms with Crippen LogP contribution in [0.4, 0.5) is 11.4 Å². The van der Waals surface area contributed by atoms with Gasteiger partial charge in [-0.2, -0.15) is 5.10 Å². The van der Waals surface area contributed by atoms with Crippen LogP contribution in [0.2, 0.25) is 5.02 Å². The van der Waals surface area contributed by atoms with Crippen LogP contribution in [0.3, 0.4) is 0 Å². The third-order valence-corrected chi connectivity index (χ3v) is 4.49. The largest absolute Gasteiger partial charge is 0.324 e. The van der Waals surface area contributed by atoms with Crippen LogP contribution in [0.15, 0.2) is 30.6 Å². The van der Waals surface area contributed by atoms with Crippen LogP contribution >= 0.6 is 11.6 Å². The number of nitrogens with one attached hydrogen (secondary N) is 3. The Morgan fingerprint density at radius 2 is 2.08 bits per heavy atom. The van der Waals surface area contributed by atoms with Crippen molar-refractivity contribution in [3.05, 3.63) is 41.2 Å². The molecule has 1 fully saturated rings. The lowest BCUT2D eigenvalue weighted by atomic mass is 9.90. The van der Waals surface area contributed by atoms with Gasteiger partial charge in [-0.25, -0.2) is 0 Å². The highest BCUT2D eigenvalue weighted by Crippen LogP contribution is 2.31. The molecule has 7 nitrogen and oxygen atoms in total. The summed E-state index contributed by atoms with van der Waals surface area (Å²) in [4.78, 5) is 24.2. The predicted molar refractivity (Wildman–Crippen MR) is 96.7 cm³/mol. The summed E-state index contributed by atoms with van der Waals surface area (Å²) in [6.07, 6.45) is 3.73. The highest BCUT2D eigenvalue weighted by molar-refractivity contribution is 6.31. The normalized spacial score (nSPS) is 19.6. The van der Waals surface area contributed by atoms with Crippen molar-refractivity contribution in [2.24, 2.45) is 13.0 Å². The maximum absolute atomic E-state index is 12.8. The van der Waals surface area contributed by atoms with Gasteiger partial charge in [0.25, 0.3) is 0 Å². The van der Waals surface area contributed by atoms with Crippen LogP contribution in [0.5, 0.6) is 0 Å². The molecule has 3 rings (SSSR count). The highest BCUT2D eigenvalue weighted by atomic mass is 35.5. The Hall–Kier alpha value is -2.38. The number of halogens is 1. The smallest absolute Gasteiger partial charge is 0.229 e. The van der Waals surface area contributed by atoms with Gasteiger partial charge in [-0.1, -0.05) is 11.6 Å². The molecule has 1 aromatic heterocycles. The topological polar surface area (TPSA) is 88.1 Å². The number of aromatic nitrogens is 2. The summed E-state index contributed by atoms with van der Waals surface area (Å²) in [5, 5.41) is 13.5. The summed E-state index contributed by atoms with van der Waals surface area (Å²) in [5.74, 6) is -0.489. The van der Waals surface area contributed by atoms with Gasteiger partial charge < -0.3 is 16.0 Å². The van der Waals surface area contributed by atoms with Crippen molar-refractivity contribution in [1.82, 2.24) is 15.1 Å². The summed E-state index contributed by atoms with van der Waals surface area (Å²) >= 11 is 5.99. The lowest BCUT2D eigenvalue weighted by Gasteiger charge is -2.18. The van der Waals surface area contributed by atoms with E-state index in [4.69, 9.17) is 11.6 Å². The molecule has 2 heterocycles. The summed E-state index contributed by atoms with van der Waals surface area (Å²) in [6.45, 7) is 2.73. The molecule has 132 valence electrons. The van der Waals surface area contributed by atoms with E-state index in [1.54, 1.807) is 29.1 Å². The standard InChI is InChI=1S/C17H20ClN5O2/c1-10(24)21-16-5-12(18)3-4-15(16)22-17(25)14-8-19-7-13(14)11-6-20-23(2)9-11/h3-6,9,13-14,19H,7-8H2,1-2H3,(H,21,24)(H,22,25)/t13-,14+/m1/s1. The molecule has 8 heteroatoms. The Labute approximate surface area is 150 Å². The Bertz CT molecular complexity index is 804. The van der Waals surface area contributed by atoms with E-state index in [1.807, 2.05) is 13.2 Å². The van der Waals surface area contributed by atoms with E-state index >= 15 is 0 Å². The molecular formula is C17H20ClN5O2. The second-order valence-electron chi connectivity index (χ2n) is 6.18. The molecule has 2 amide bonds. The zero-order chi connectivity index (χ0) is 18.0. The zero-order valence-electron chi connectivity index (χ0n) is 14.0. The molecule has 0 radical (unpaired) electrons. The highest BCUT2D eigenvalue weighted by Gasteiger charge is 2.35. The maximum Gasteiger partial charge on any atom is 0.229 e. The van der Waals surface area contributed by atoms with Crippen LogP contribution < -0.4 is 16.0 Å². The lowest BCUT2D eigenvalue weighted by molar-refractivity contribution is -0.119. The van der Waals surface area contributed by atoms with Crippen molar-refractivity contribution in [1.29, 1.82) is 0 Å². The molecule has 0 unspecified atom stereocenters. The molecule has 0 aliphatic carbocycles. The van der Waals surface area contributed by atoms with Crippen molar-refractivity contribution < 1.29 is 9.59 Å². The molecule has 0 bridgehead atoms. The van der Waals surface area contributed by atoms with Crippen molar-refractivity contribution in [2.75, 3.05) is 23.7 Å². The van der Waals surface area contributed by atoms with Crippen LogP contribution in [0.25, 0.3) is 0 Å². The van der Waals surface area contributed by atoms with E-state index in [1.165, 1.54) is 6.92 Å². The molecule has 0 saturated carbocycles. The average molecular weight is 362 g/mol. The van der Waals surface area contributed by atoms with Crippen molar-refractivity contribution >= 4 is 34.8 Å². The lowest BCUT2D eigenvalue weighted by Crippen LogP contribution is -2.28. The van der Waals surface area contributed by atoms with E-state index in [0.29, 0.717) is 22.9 Å². The van der Waals surface area contributed by atoms with E-state index in [2.05, 4.69) is 21.0 Å². The van der Waals surface area contributed by atoms with Crippen LogP contribution in [0.1, 0.15) is 18.4 Å². The number of anilines is 2. The van der Waals surface area contributed by atoms with Crippen molar-refractivity contribution in [2.45, 2.75) is 12.8 Å². The van der Waals surface area contributed by atoms with Crippen LogP contribution in [-0.2, 0) is 16.6 Å². The van der Waals surface area contributed by atoms with Gasteiger partial charge >= 0.3 is 0 Å². The first-order valence-corrected chi connectivity index (χ1v) is 8.39. The molecule has 1 aliphatic heterocycles. The summed E-state index contributed by atoms with van der Waals surface area (Å²) in [6, 6.07) is 4.98. The van der Waals surface area contributed by atoms with Gasteiger partial charge in [-0.3, -0.25) is 14.3 Å². The number of carbonyl (C=O) groups is 2. The Morgan fingerprint density at radius 3 is 2.76 bits per heavy atom. The van der Waals surface area contributed by atoms with Crippen molar-refractivity contribution in [3.8, 4) is 0 Å². The second kappa shape index (κ2) is 7.25. The molecule has 1 aromatic carbocycles. The van der Waals surface area contributed by atoms with Gasteiger partial charge in [0.2, 0.25) is 11.8 Å². The minimum absolute atomic E-state index is 0.0604. The van der Waals surface area contributed by atoms with E-state index in [-0.39, 0.29) is 23.7 Å². The minimum atomic E-state index is -0.228. The Balaban J connectivity index is 1.79. The third-order valence-electron chi connectivity index (χ3n) is 4.25. The second-order valence-corrected chi connectivity index (χ2v) is 6.62. The molecule has 3 N–H and O–H groups in total. The summed E-state index contributed by atoms with van der Waals surface area (Å²) in [5.41, 5.74) is 2.05. The monoisotopic (exact) mass is 361 g/mol. The van der Waals surface area contributed by atoms with Gasteiger partial charge in [0, 0.05) is 44.2 Å². The third kappa shape index (κ3) is 4.00. The number of aryl methyl sites for hydroxylation is 1. The number of carbonyl (C=O) groups excluding carboxylic acids is 2.